The van der Waals surface area contributed by atoms with E-state index in [0.29, 0.717) is 24.3 Å². The number of aromatic nitrogens is 2. The van der Waals surface area contributed by atoms with E-state index in [0.717, 1.165) is 16.9 Å². The lowest BCUT2D eigenvalue weighted by molar-refractivity contribution is 0.357. The van der Waals surface area contributed by atoms with E-state index in [1.165, 1.54) is 25.7 Å². The number of nitrogens with zero attached hydrogens (tertiary/aromatic N) is 2. The third-order valence-corrected chi connectivity index (χ3v) is 4.02. The summed E-state index contributed by atoms with van der Waals surface area (Å²) in [5, 5.41) is 7.54. The van der Waals surface area contributed by atoms with Gasteiger partial charge in [0, 0.05) is 11.6 Å². The molecule has 0 spiro atoms. The number of methoxy groups -OCH3 is 1. The molecule has 1 aromatic carbocycles. The van der Waals surface area contributed by atoms with Gasteiger partial charge in [0.15, 0.2) is 0 Å². The Morgan fingerprint density at radius 2 is 2.14 bits per heavy atom. The van der Waals surface area contributed by atoms with Crippen LogP contribution in [0.2, 0.25) is 0 Å². The summed E-state index contributed by atoms with van der Waals surface area (Å²) in [6.45, 7) is 2.65. The highest BCUT2D eigenvalue weighted by atomic mass is 16.5. The standard InChI is InChI=1S/C16H21N3O2/c1-11-9-12(7-8-14(11)20-2)16-18-15(21-19-16)10-17-13-5-3-4-6-13/h7-9,13,17H,3-6,10H2,1-2H3. The molecule has 2 aromatic rings. The molecule has 1 aliphatic carbocycles. The molecule has 1 aliphatic rings. The minimum absolute atomic E-state index is 0.601. The maximum absolute atomic E-state index is 5.32. The van der Waals surface area contributed by atoms with Crippen LogP contribution in [0, 0.1) is 6.92 Å². The lowest BCUT2D eigenvalue weighted by Gasteiger charge is -2.08. The molecule has 5 nitrogen and oxygen atoms in total. The van der Waals surface area contributed by atoms with Crippen LogP contribution < -0.4 is 10.1 Å². The van der Waals surface area contributed by atoms with Crippen molar-refractivity contribution >= 4 is 0 Å². The summed E-state index contributed by atoms with van der Waals surface area (Å²) in [4.78, 5) is 4.46. The SMILES string of the molecule is COc1ccc(-c2noc(CNC3CCCC3)n2)cc1C. The number of benzene rings is 1. The smallest absolute Gasteiger partial charge is 0.240 e. The summed E-state index contributed by atoms with van der Waals surface area (Å²) < 4.78 is 10.6. The first-order valence-electron chi connectivity index (χ1n) is 7.47. The minimum Gasteiger partial charge on any atom is -0.496 e. The van der Waals surface area contributed by atoms with Gasteiger partial charge in [0.05, 0.1) is 13.7 Å². The van der Waals surface area contributed by atoms with Crippen molar-refractivity contribution in [3.63, 3.8) is 0 Å². The molecule has 3 rings (SSSR count). The molecular weight excluding hydrogens is 266 g/mol. The zero-order valence-corrected chi connectivity index (χ0v) is 12.6. The highest BCUT2D eigenvalue weighted by Gasteiger charge is 2.16. The van der Waals surface area contributed by atoms with Crippen molar-refractivity contribution in [2.75, 3.05) is 7.11 Å². The van der Waals surface area contributed by atoms with E-state index in [9.17, 15) is 0 Å². The summed E-state index contributed by atoms with van der Waals surface area (Å²) in [6, 6.07) is 6.49. The van der Waals surface area contributed by atoms with Gasteiger partial charge in [-0.2, -0.15) is 4.98 Å². The average molecular weight is 287 g/mol. The Kier molecular flexibility index (Phi) is 4.20. The monoisotopic (exact) mass is 287 g/mol. The zero-order chi connectivity index (χ0) is 14.7. The van der Waals surface area contributed by atoms with Crippen molar-refractivity contribution in [3.8, 4) is 17.1 Å². The summed E-state index contributed by atoms with van der Waals surface area (Å²) in [5.41, 5.74) is 2.01. The van der Waals surface area contributed by atoms with Crippen molar-refractivity contribution in [3.05, 3.63) is 29.7 Å². The summed E-state index contributed by atoms with van der Waals surface area (Å²) in [7, 11) is 1.67. The second kappa shape index (κ2) is 6.26. The largest absolute Gasteiger partial charge is 0.496 e. The molecule has 112 valence electrons. The predicted molar refractivity (Wildman–Crippen MR) is 80.1 cm³/mol. The molecule has 0 bridgehead atoms. The minimum atomic E-state index is 0.601. The quantitative estimate of drug-likeness (QED) is 0.915. The lowest BCUT2D eigenvalue weighted by atomic mass is 10.1. The fourth-order valence-electron chi connectivity index (χ4n) is 2.82. The molecule has 1 heterocycles. The number of rotatable bonds is 5. The van der Waals surface area contributed by atoms with E-state index in [2.05, 4.69) is 15.5 Å². The zero-order valence-electron chi connectivity index (χ0n) is 12.6. The number of hydrogen-bond acceptors (Lipinski definition) is 5. The van der Waals surface area contributed by atoms with E-state index in [4.69, 9.17) is 9.26 Å². The van der Waals surface area contributed by atoms with E-state index in [1.54, 1.807) is 7.11 Å². The molecule has 21 heavy (non-hydrogen) atoms. The first kappa shape index (κ1) is 14.1. The van der Waals surface area contributed by atoms with E-state index >= 15 is 0 Å². The topological polar surface area (TPSA) is 60.2 Å². The van der Waals surface area contributed by atoms with Gasteiger partial charge in [0.25, 0.3) is 0 Å². The van der Waals surface area contributed by atoms with Crippen LogP contribution in [0.4, 0.5) is 0 Å². The molecule has 0 radical (unpaired) electrons. The fourth-order valence-corrected chi connectivity index (χ4v) is 2.82. The van der Waals surface area contributed by atoms with Gasteiger partial charge in [0.2, 0.25) is 11.7 Å². The molecular formula is C16H21N3O2. The van der Waals surface area contributed by atoms with Gasteiger partial charge in [0.1, 0.15) is 5.75 Å². The van der Waals surface area contributed by atoms with Crippen LogP contribution in [-0.2, 0) is 6.54 Å². The van der Waals surface area contributed by atoms with Crippen LogP contribution in [0.15, 0.2) is 22.7 Å². The van der Waals surface area contributed by atoms with Crippen LogP contribution >= 0.6 is 0 Å². The molecule has 1 saturated carbocycles. The Hall–Kier alpha value is -1.88. The molecule has 0 aliphatic heterocycles. The number of hydrogen-bond donors (Lipinski definition) is 1. The molecule has 1 aromatic heterocycles. The predicted octanol–water partition coefficient (Wildman–Crippen LogP) is 3.09. The Balaban J connectivity index is 1.67. The van der Waals surface area contributed by atoms with Gasteiger partial charge in [-0.05, 0) is 43.5 Å². The average Bonchev–Trinajstić information content (AvgIpc) is 3.16. The molecule has 1 fully saturated rings. The van der Waals surface area contributed by atoms with Gasteiger partial charge in [-0.25, -0.2) is 0 Å². The number of aryl methyl sites for hydroxylation is 1. The molecule has 0 saturated heterocycles. The van der Waals surface area contributed by atoms with E-state index < -0.39 is 0 Å². The summed E-state index contributed by atoms with van der Waals surface area (Å²) in [6.07, 6.45) is 5.13. The van der Waals surface area contributed by atoms with Crippen LogP contribution in [-0.4, -0.2) is 23.3 Å². The van der Waals surface area contributed by atoms with Gasteiger partial charge in [-0.15, -0.1) is 0 Å². The maximum atomic E-state index is 5.32. The van der Waals surface area contributed by atoms with Crippen LogP contribution in [0.25, 0.3) is 11.4 Å². The van der Waals surface area contributed by atoms with E-state index in [1.807, 2.05) is 25.1 Å². The molecule has 1 N–H and O–H groups in total. The summed E-state index contributed by atoms with van der Waals surface area (Å²) >= 11 is 0. The first-order valence-corrected chi connectivity index (χ1v) is 7.47. The first-order chi connectivity index (χ1) is 10.3. The number of ether oxygens (including phenoxy) is 1. The van der Waals surface area contributed by atoms with E-state index in [-0.39, 0.29) is 0 Å². The summed E-state index contributed by atoms with van der Waals surface area (Å²) in [5.74, 6) is 2.14. The Labute approximate surface area is 124 Å². The van der Waals surface area contributed by atoms with Crippen LogP contribution in [0.1, 0.15) is 37.1 Å². The second-order valence-electron chi connectivity index (χ2n) is 5.56. The normalized spacial score (nSPS) is 15.5. The van der Waals surface area contributed by atoms with Crippen molar-refractivity contribution < 1.29 is 9.26 Å². The maximum Gasteiger partial charge on any atom is 0.240 e. The van der Waals surface area contributed by atoms with Crippen molar-refractivity contribution in [2.24, 2.45) is 0 Å². The Bertz CT molecular complexity index is 603. The van der Waals surface area contributed by atoms with Gasteiger partial charge >= 0.3 is 0 Å². The molecule has 0 unspecified atom stereocenters. The highest BCUT2D eigenvalue weighted by Crippen LogP contribution is 2.24. The Morgan fingerprint density at radius 3 is 2.86 bits per heavy atom. The van der Waals surface area contributed by atoms with Crippen LogP contribution in [0.3, 0.4) is 0 Å². The van der Waals surface area contributed by atoms with Gasteiger partial charge in [-0.3, -0.25) is 0 Å². The second-order valence-corrected chi connectivity index (χ2v) is 5.56. The van der Waals surface area contributed by atoms with Crippen molar-refractivity contribution in [2.45, 2.75) is 45.2 Å². The van der Waals surface area contributed by atoms with Gasteiger partial charge < -0.3 is 14.6 Å². The van der Waals surface area contributed by atoms with Crippen molar-refractivity contribution in [1.29, 1.82) is 0 Å². The molecule has 0 atom stereocenters. The third-order valence-electron chi connectivity index (χ3n) is 4.02. The Morgan fingerprint density at radius 1 is 1.33 bits per heavy atom. The molecule has 0 amide bonds. The van der Waals surface area contributed by atoms with Gasteiger partial charge in [-0.1, -0.05) is 18.0 Å². The number of nitrogens with one attached hydrogen (secondary N) is 1. The fraction of sp³-hybridized carbons (Fsp3) is 0.500. The van der Waals surface area contributed by atoms with Crippen molar-refractivity contribution in [1.82, 2.24) is 15.5 Å². The highest BCUT2D eigenvalue weighted by molar-refractivity contribution is 5.58. The molecule has 5 heteroatoms. The van der Waals surface area contributed by atoms with Crippen LogP contribution in [0.5, 0.6) is 5.75 Å². The third kappa shape index (κ3) is 3.24. The lowest BCUT2D eigenvalue weighted by Crippen LogP contribution is -2.25.